The van der Waals surface area contributed by atoms with Crippen molar-refractivity contribution in [2.24, 2.45) is 5.41 Å². The molecule has 1 saturated heterocycles. The molecular weight excluding hydrogens is 224 g/mol. The van der Waals surface area contributed by atoms with Crippen LogP contribution in [0.1, 0.15) is 46.0 Å². The van der Waals surface area contributed by atoms with E-state index in [1.165, 1.54) is 51.7 Å². The maximum atomic E-state index is 5.55. The highest BCUT2D eigenvalue weighted by Gasteiger charge is 2.36. The third-order valence-corrected chi connectivity index (χ3v) is 4.63. The Kier molecular flexibility index (Phi) is 5.46. The summed E-state index contributed by atoms with van der Waals surface area (Å²) >= 11 is 0. The second-order valence-corrected chi connectivity index (χ2v) is 6.28. The fourth-order valence-corrected chi connectivity index (χ4v) is 3.47. The van der Waals surface area contributed by atoms with Gasteiger partial charge in [-0.3, -0.25) is 4.90 Å². The van der Waals surface area contributed by atoms with Crippen molar-refractivity contribution in [1.29, 1.82) is 0 Å². The number of morpholine rings is 1. The number of ether oxygens (including phenoxy) is 1. The zero-order valence-electron chi connectivity index (χ0n) is 12.2. The summed E-state index contributed by atoms with van der Waals surface area (Å²) in [5, 5.41) is 3.66. The van der Waals surface area contributed by atoms with Gasteiger partial charge in [-0.1, -0.05) is 19.8 Å². The van der Waals surface area contributed by atoms with Crippen LogP contribution < -0.4 is 5.32 Å². The maximum absolute atomic E-state index is 5.55. The van der Waals surface area contributed by atoms with Crippen molar-refractivity contribution in [2.45, 2.75) is 52.0 Å². The average molecular weight is 254 g/mol. The summed E-state index contributed by atoms with van der Waals surface area (Å²) in [6, 6.07) is 0.599. The van der Waals surface area contributed by atoms with Crippen LogP contribution in [0.4, 0.5) is 0 Å². The van der Waals surface area contributed by atoms with Crippen LogP contribution in [0.25, 0.3) is 0 Å². The van der Waals surface area contributed by atoms with E-state index in [-0.39, 0.29) is 0 Å². The van der Waals surface area contributed by atoms with Gasteiger partial charge in [0.15, 0.2) is 0 Å². The van der Waals surface area contributed by atoms with Crippen LogP contribution in [-0.2, 0) is 4.74 Å². The van der Waals surface area contributed by atoms with Crippen LogP contribution in [0.3, 0.4) is 0 Å². The third-order valence-electron chi connectivity index (χ3n) is 4.63. The molecule has 0 bridgehead atoms. The number of nitrogens with one attached hydrogen (secondary N) is 1. The maximum Gasteiger partial charge on any atom is 0.0619 e. The van der Waals surface area contributed by atoms with Crippen molar-refractivity contribution < 1.29 is 4.74 Å². The predicted octanol–water partition coefficient (Wildman–Crippen LogP) is 2.27. The highest BCUT2D eigenvalue weighted by Crippen LogP contribution is 2.38. The van der Waals surface area contributed by atoms with Crippen molar-refractivity contribution in [3.8, 4) is 0 Å². The van der Waals surface area contributed by atoms with Gasteiger partial charge in [-0.15, -0.1) is 0 Å². The lowest BCUT2D eigenvalue weighted by Gasteiger charge is -2.40. The Labute approximate surface area is 112 Å². The lowest BCUT2D eigenvalue weighted by Crippen LogP contribution is -2.50. The summed E-state index contributed by atoms with van der Waals surface area (Å²) < 4.78 is 5.55. The van der Waals surface area contributed by atoms with Gasteiger partial charge < -0.3 is 10.1 Å². The molecule has 0 aromatic carbocycles. The SMILES string of the molecule is CCCNCC1(CN2CCOCC2C)CCCC1. The van der Waals surface area contributed by atoms with Gasteiger partial charge in [0.05, 0.1) is 13.2 Å². The molecule has 0 aromatic heterocycles. The normalized spacial score (nSPS) is 28.7. The second kappa shape index (κ2) is 6.88. The van der Waals surface area contributed by atoms with Crippen LogP contribution in [0.5, 0.6) is 0 Å². The molecule has 1 atom stereocenters. The minimum absolute atomic E-state index is 0.542. The van der Waals surface area contributed by atoms with Crippen LogP contribution >= 0.6 is 0 Å². The molecule has 1 saturated carbocycles. The van der Waals surface area contributed by atoms with Gasteiger partial charge in [-0.2, -0.15) is 0 Å². The Bertz CT molecular complexity index is 239. The molecule has 0 spiro atoms. The van der Waals surface area contributed by atoms with Crippen molar-refractivity contribution in [3.63, 3.8) is 0 Å². The third kappa shape index (κ3) is 3.69. The minimum Gasteiger partial charge on any atom is -0.379 e. The van der Waals surface area contributed by atoms with Gasteiger partial charge in [-0.05, 0) is 38.1 Å². The monoisotopic (exact) mass is 254 g/mol. The molecule has 18 heavy (non-hydrogen) atoms. The van der Waals surface area contributed by atoms with Crippen LogP contribution in [-0.4, -0.2) is 50.3 Å². The minimum atomic E-state index is 0.542. The first-order valence-corrected chi connectivity index (χ1v) is 7.78. The van der Waals surface area contributed by atoms with Gasteiger partial charge in [-0.25, -0.2) is 0 Å². The predicted molar refractivity (Wildman–Crippen MR) is 75.9 cm³/mol. The zero-order chi connectivity index (χ0) is 12.8. The second-order valence-electron chi connectivity index (χ2n) is 6.28. The molecule has 2 aliphatic rings. The van der Waals surface area contributed by atoms with Crippen molar-refractivity contribution in [3.05, 3.63) is 0 Å². The highest BCUT2D eigenvalue weighted by atomic mass is 16.5. The van der Waals surface area contributed by atoms with E-state index in [0.29, 0.717) is 11.5 Å². The molecule has 1 unspecified atom stereocenters. The van der Waals surface area contributed by atoms with E-state index in [2.05, 4.69) is 24.1 Å². The largest absolute Gasteiger partial charge is 0.379 e. The zero-order valence-corrected chi connectivity index (χ0v) is 12.2. The van der Waals surface area contributed by atoms with E-state index in [4.69, 9.17) is 4.74 Å². The molecule has 2 rings (SSSR count). The lowest BCUT2D eigenvalue weighted by atomic mass is 9.84. The Morgan fingerprint density at radius 3 is 2.78 bits per heavy atom. The van der Waals surface area contributed by atoms with Crippen LogP contribution in [0.2, 0.25) is 0 Å². The summed E-state index contributed by atoms with van der Waals surface area (Å²) in [5.74, 6) is 0. The summed E-state index contributed by atoms with van der Waals surface area (Å²) in [7, 11) is 0. The molecule has 0 aromatic rings. The van der Waals surface area contributed by atoms with Gasteiger partial charge in [0.1, 0.15) is 0 Å². The first kappa shape index (κ1) is 14.3. The fourth-order valence-electron chi connectivity index (χ4n) is 3.47. The van der Waals surface area contributed by atoms with E-state index >= 15 is 0 Å². The standard InChI is InChI=1S/C15H30N2O/c1-3-8-16-12-15(6-4-5-7-15)13-17-9-10-18-11-14(17)2/h14,16H,3-13H2,1-2H3. The quantitative estimate of drug-likeness (QED) is 0.736. The van der Waals surface area contributed by atoms with Crippen LogP contribution in [0, 0.1) is 5.41 Å². The summed E-state index contributed by atoms with van der Waals surface area (Å²) in [5.41, 5.74) is 0.542. The average Bonchev–Trinajstić information content (AvgIpc) is 2.82. The highest BCUT2D eigenvalue weighted by molar-refractivity contribution is 4.91. The number of nitrogens with zero attached hydrogens (tertiary/aromatic N) is 1. The molecule has 2 fully saturated rings. The van der Waals surface area contributed by atoms with E-state index in [0.717, 1.165) is 19.8 Å². The molecular formula is C15H30N2O. The molecule has 3 heteroatoms. The van der Waals surface area contributed by atoms with E-state index in [1.54, 1.807) is 0 Å². The lowest BCUT2D eigenvalue weighted by molar-refractivity contribution is -0.0198. The van der Waals surface area contributed by atoms with Gasteiger partial charge in [0.2, 0.25) is 0 Å². The first-order chi connectivity index (χ1) is 8.76. The molecule has 1 aliphatic carbocycles. The van der Waals surface area contributed by atoms with Crippen LogP contribution in [0.15, 0.2) is 0 Å². The topological polar surface area (TPSA) is 24.5 Å². The summed E-state index contributed by atoms with van der Waals surface area (Å²) in [6.45, 7) is 11.2. The van der Waals surface area contributed by atoms with Gasteiger partial charge in [0.25, 0.3) is 0 Å². The molecule has 106 valence electrons. The number of rotatable bonds is 6. The number of hydrogen-bond acceptors (Lipinski definition) is 3. The van der Waals surface area contributed by atoms with Crippen molar-refractivity contribution in [1.82, 2.24) is 10.2 Å². The summed E-state index contributed by atoms with van der Waals surface area (Å²) in [4.78, 5) is 2.66. The number of hydrogen-bond donors (Lipinski definition) is 1. The fraction of sp³-hybridized carbons (Fsp3) is 1.00. The Morgan fingerprint density at radius 2 is 2.11 bits per heavy atom. The molecule has 0 radical (unpaired) electrons. The van der Waals surface area contributed by atoms with E-state index in [9.17, 15) is 0 Å². The molecule has 3 nitrogen and oxygen atoms in total. The van der Waals surface area contributed by atoms with Crippen molar-refractivity contribution in [2.75, 3.05) is 39.4 Å². The Hall–Kier alpha value is -0.120. The van der Waals surface area contributed by atoms with Gasteiger partial charge >= 0.3 is 0 Å². The van der Waals surface area contributed by atoms with E-state index < -0.39 is 0 Å². The summed E-state index contributed by atoms with van der Waals surface area (Å²) in [6.07, 6.45) is 6.91. The molecule has 1 aliphatic heterocycles. The first-order valence-electron chi connectivity index (χ1n) is 7.78. The van der Waals surface area contributed by atoms with Crippen molar-refractivity contribution >= 4 is 0 Å². The Morgan fingerprint density at radius 1 is 1.33 bits per heavy atom. The smallest absolute Gasteiger partial charge is 0.0619 e. The van der Waals surface area contributed by atoms with E-state index in [1.807, 2.05) is 0 Å². The molecule has 0 amide bonds. The Balaban J connectivity index is 1.88. The molecule has 1 heterocycles. The molecule has 1 N–H and O–H groups in total. The van der Waals surface area contributed by atoms with Gasteiger partial charge in [0, 0.05) is 25.7 Å².